The highest BCUT2D eigenvalue weighted by molar-refractivity contribution is 8.00. The van der Waals surface area contributed by atoms with Gasteiger partial charge in [-0.05, 0) is 41.7 Å². The number of hydrogen-bond donors (Lipinski definition) is 1. The van der Waals surface area contributed by atoms with Crippen LogP contribution in [0.4, 0.5) is 0 Å². The minimum atomic E-state index is 0.759. The summed E-state index contributed by atoms with van der Waals surface area (Å²) >= 11 is 2.11. The number of benzene rings is 1. The van der Waals surface area contributed by atoms with Crippen LogP contribution in [0.5, 0.6) is 0 Å². The standard InChI is InChI=1S/C19H27N3S/c1-3-14-12-22(8-9-23-14)19(20-2)21-11-17-16-10-13-6-4-5-7-15(13)18(16)17/h4-7,14,16-18H,3,8-12H2,1-2H3,(H,20,21). The van der Waals surface area contributed by atoms with Gasteiger partial charge in [-0.1, -0.05) is 31.2 Å². The summed E-state index contributed by atoms with van der Waals surface area (Å²) in [5, 5.41) is 4.43. The lowest BCUT2D eigenvalue weighted by molar-refractivity contribution is 0.406. The van der Waals surface area contributed by atoms with E-state index in [2.05, 4.69) is 58.2 Å². The van der Waals surface area contributed by atoms with E-state index in [-0.39, 0.29) is 0 Å². The van der Waals surface area contributed by atoms with E-state index >= 15 is 0 Å². The predicted octanol–water partition coefficient (Wildman–Crippen LogP) is 2.98. The molecule has 1 heterocycles. The average Bonchev–Trinajstić information content (AvgIpc) is 3.13. The Labute approximate surface area is 143 Å². The molecule has 1 aliphatic heterocycles. The summed E-state index contributed by atoms with van der Waals surface area (Å²) in [5.74, 6) is 4.82. The van der Waals surface area contributed by atoms with Crippen molar-refractivity contribution in [3.63, 3.8) is 0 Å². The van der Waals surface area contributed by atoms with E-state index in [9.17, 15) is 0 Å². The maximum atomic E-state index is 4.54. The Hall–Kier alpha value is -1.16. The fourth-order valence-corrected chi connectivity index (χ4v) is 5.64. The molecular weight excluding hydrogens is 302 g/mol. The number of aliphatic imine (C=N–C) groups is 1. The van der Waals surface area contributed by atoms with Crippen molar-refractivity contribution in [1.29, 1.82) is 0 Å². The largest absolute Gasteiger partial charge is 0.356 e. The summed E-state index contributed by atoms with van der Waals surface area (Å²) in [6.07, 6.45) is 2.53. The number of rotatable bonds is 3. The molecule has 2 fully saturated rings. The Morgan fingerprint density at radius 2 is 2.26 bits per heavy atom. The van der Waals surface area contributed by atoms with Gasteiger partial charge in [0, 0.05) is 37.7 Å². The smallest absolute Gasteiger partial charge is 0.193 e. The lowest BCUT2D eigenvalue weighted by Gasteiger charge is -2.34. The molecule has 1 saturated carbocycles. The monoisotopic (exact) mass is 329 g/mol. The van der Waals surface area contributed by atoms with Gasteiger partial charge in [-0.2, -0.15) is 11.8 Å². The molecule has 4 atom stereocenters. The second kappa shape index (κ2) is 6.39. The van der Waals surface area contributed by atoms with Crippen LogP contribution in [0.15, 0.2) is 29.3 Å². The summed E-state index contributed by atoms with van der Waals surface area (Å²) in [6.45, 7) is 5.64. The van der Waals surface area contributed by atoms with Gasteiger partial charge in [0.2, 0.25) is 0 Å². The molecule has 3 nitrogen and oxygen atoms in total. The zero-order chi connectivity index (χ0) is 15.8. The Bertz CT molecular complexity index is 600. The van der Waals surface area contributed by atoms with Gasteiger partial charge < -0.3 is 10.2 Å². The molecule has 0 spiro atoms. The van der Waals surface area contributed by atoms with Crippen molar-refractivity contribution in [2.75, 3.05) is 32.4 Å². The summed E-state index contributed by atoms with van der Waals surface area (Å²) in [5.41, 5.74) is 3.20. The zero-order valence-corrected chi connectivity index (χ0v) is 15.0. The van der Waals surface area contributed by atoms with Crippen LogP contribution in [0.25, 0.3) is 0 Å². The topological polar surface area (TPSA) is 27.6 Å². The first kappa shape index (κ1) is 15.4. The van der Waals surface area contributed by atoms with Crippen molar-refractivity contribution in [2.24, 2.45) is 16.8 Å². The summed E-state index contributed by atoms with van der Waals surface area (Å²) in [4.78, 5) is 7.00. The van der Waals surface area contributed by atoms with E-state index < -0.39 is 0 Å². The van der Waals surface area contributed by atoms with Crippen LogP contribution < -0.4 is 5.32 Å². The van der Waals surface area contributed by atoms with E-state index in [1.165, 1.54) is 18.6 Å². The molecule has 4 heteroatoms. The normalized spacial score (nSPS) is 32.4. The molecular formula is C19H27N3S. The molecule has 124 valence electrons. The fraction of sp³-hybridized carbons (Fsp3) is 0.632. The molecule has 0 radical (unpaired) electrons. The van der Waals surface area contributed by atoms with Crippen molar-refractivity contribution in [3.8, 4) is 0 Å². The predicted molar refractivity (Wildman–Crippen MR) is 99.3 cm³/mol. The van der Waals surface area contributed by atoms with Crippen LogP contribution in [0.1, 0.15) is 30.4 Å². The average molecular weight is 330 g/mol. The van der Waals surface area contributed by atoms with Gasteiger partial charge in [0.15, 0.2) is 5.96 Å². The molecule has 0 aromatic heterocycles. The quantitative estimate of drug-likeness (QED) is 0.682. The molecule has 1 N–H and O–H groups in total. The highest BCUT2D eigenvalue weighted by Crippen LogP contribution is 2.60. The molecule has 23 heavy (non-hydrogen) atoms. The zero-order valence-electron chi connectivity index (χ0n) is 14.2. The SMILES string of the molecule is CCC1CN(C(=NC)NCC2C3Cc4ccccc4C23)CCS1. The first-order valence-corrected chi connectivity index (χ1v) is 10.0. The molecule has 1 aromatic rings. The number of guanidine groups is 1. The van der Waals surface area contributed by atoms with Crippen LogP contribution in [0.3, 0.4) is 0 Å². The summed E-state index contributed by atoms with van der Waals surface area (Å²) < 4.78 is 0. The number of thioether (sulfide) groups is 1. The van der Waals surface area contributed by atoms with Gasteiger partial charge in [0.1, 0.15) is 0 Å². The second-order valence-electron chi connectivity index (χ2n) is 7.03. The molecule has 0 amide bonds. The second-order valence-corrected chi connectivity index (χ2v) is 8.44. The van der Waals surface area contributed by atoms with Crippen LogP contribution >= 0.6 is 11.8 Å². The molecule has 0 bridgehead atoms. The van der Waals surface area contributed by atoms with Crippen LogP contribution in [0.2, 0.25) is 0 Å². The van der Waals surface area contributed by atoms with Gasteiger partial charge in [-0.15, -0.1) is 0 Å². The van der Waals surface area contributed by atoms with Gasteiger partial charge in [0.05, 0.1) is 0 Å². The molecule has 4 unspecified atom stereocenters. The first-order chi connectivity index (χ1) is 11.3. The van der Waals surface area contributed by atoms with E-state index in [1.807, 2.05) is 7.05 Å². The van der Waals surface area contributed by atoms with Crippen LogP contribution in [-0.2, 0) is 6.42 Å². The summed E-state index contributed by atoms with van der Waals surface area (Å²) in [7, 11) is 1.92. The van der Waals surface area contributed by atoms with Crippen molar-refractivity contribution >= 4 is 17.7 Å². The highest BCUT2D eigenvalue weighted by atomic mass is 32.2. The molecule has 2 aliphatic carbocycles. The van der Waals surface area contributed by atoms with Crippen LogP contribution in [-0.4, -0.2) is 48.5 Å². The van der Waals surface area contributed by atoms with E-state index in [0.29, 0.717) is 0 Å². The minimum absolute atomic E-state index is 0.759. The number of hydrogen-bond acceptors (Lipinski definition) is 2. The molecule has 4 rings (SSSR count). The van der Waals surface area contributed by atoms with Crippen LogP contribution in [0, 0.1) is 11.8 Å². The maximum Gasteiger partial charge on any atom is 0.193 e. The van der Waals surface area contributed by atoms with E-state index in [4.69, 9.17) is 0 Å². The van der Waals surface area contributed by atoms with Gasteiger partial charge in [0.25, 0.3) is 0 Å². The molecule has 3 aliphatic rings. The third-order valence-electron chi connectivity index (χ3n) is 5.80. The third-order valence-corrected chi connectivity index (χ3v) is 7.17. The number of fused-ring (bicyclic) bond motifs is 3. The number of nitrogens with zero attached hydrogens (tertiary/aromatic N) is 2. The summed E-state index contributed by atoms with van der Waals surface area (Å²) in [6, 6.07) is 9.01. The minimum Gasteiger partial charge on any atom is -0.356 e. The van der Waals surface area contributed by atoms with Gasteiger partial charge in [-0.3, -0.25) is 4.99 Å². The Balaban J connectivity index is 1.33. The Morgan fingerprint density at radius 3 is 3.09 bits per heavy atom. The van der Waals surface area contributed by atoms with Crippen molar-refractivity contribution in [1.82, 2.24) is 10.2 Å². The Morgan fingerprint density at radius 1 is 1.39 bits per heavy atom. The molecule has 1 saturated heterocycles. The van der Waals surface area contributed by atoms with E-state index in [0.717, 1.165) is 48.6 Å². The maximum absolute atomic E-state index is 4.54. The fourth-order valence-electron chi connectivity index (χ4n) is 4.46. The lowest BCUT2D eigenvalue weighted by Crippen LogP contribution is -2.48. The molecule has 1 aromatic carbocycles. The Kier molecular flexibility index (Phi) is 4.27. The number of nitrogens with one attached hydrogen (secondary N) is 1. The third kappa shape index (κ3) is 2.86. The van der Waals surface area contributed by atoms with Gasteiger partial charge in [-0.25, -0.2) is 0 Å². The first-order valence-electron chi connectivity index (χ1n) is 8.96. The lowest BCUT2D eigenvalue weighted by atomic mass is 10.0. The van der Waals surface area contributed by atoms with Gasteiger partial charge >= 0.3 is 0 Å². The van der Waals surface area contributed by atoms with E-state index in [1.54, 1.807) is 11.1 Å². The van der Waals surface area contributed by atoms with Crippen molar-refractivity contribution in [2.45, 2.75) is 30.9 Å². The van der Waals surface area contributed by atoms with Crippen molar-refractivity contribution < 1.29 is 0 Å². The van der Waals surface area contributed by atoms with Crippen molar-refractivity contribution in [3.05, 3.63) is 35.4 Å². The highest BCUT2D eigenvalue weighted by Gasteiger charge is 2.55.